The number of hydrogen-bond donors (Lipinski definition) is 3. The van der Waals surface area contributed by atoms with E-state index in [1.165, 1.54) is 7.05 Å². The quantitative estimate of drug-likeness (QED) is 0.626. The van der Waals surface area contributed by atoms with Crippen molar-refractivity contribution < 1.29 is 14.7 Å². The predicted molar refractivity (Wildman–Crippen MR) is 78.9 cm³/mol. The van der Waals surface area contributed by atoms with Crippen LogP contribution in [0.4, 0.5) is 0 Å². The van der Waals surface area contributed by atoms with Gasteiger partial charge in [0.25, 0.3) is 5.56 Å². The zero-order valence-electron chi connectivity index (χ0n) is 12.0. The van der Waals surface area contributed by atoms with Crippen molar-refractivity contribution in [3.63, 3.8) is 0 Å². The molecule has 8 heteroatoms. The molecule has 1 heterocycles. The Bertz CT molecular complexity index is 756. The molecule has 22 heavy (non-hydrogen) atoms. The molecule has 2 aromatic rings. The highest BCUT2D eigenvalue weighted by Gasteiger charge is 2.18. The van der Waals surface area contributed by atoms with Crippen LogP contribution >= 0.6 is 0 Å². The number of aromatic nitrogens is 2. The number of rotatable bonds is 4. The monoisotopic (exact) mass is 304 g/mol. The molecule has 2 amide bonds. The fourth-order valence-corrected chi connectivity index (χ4v) is 1.97. The molecule has 2 rings (SSSR count). The molecule has 116 valence electrons. The second-order valence-corrected chi connectivity index (χ2v) is 4.68. The number of aliphatic hydroxyl groups is 1. The number of carbonyl (C=O) groups is 2. The molecule has 0 unspecified atom stereocenters. The van der Waals surface area contributed by atoms with E-state index in [-0.39, 0.29) is 25.3 Å². The van der Waals surface area contributed by atoms with E-state index in [0.717, 1.165) is 4.90 Å². The van der Waals surface area contributed by atoms with E-state index in [9.17, 15) is 14.4 Å². The van der Waals surface area contributed by atoms with Crippen LogP contribution in [0.25, 0.3) is 10.8 Å². The van der Waals surface area contributed by atoms with E-state index in [4.69, 9.17) is 5.11 Å². The van der Waals surface area contributed by atoms with E-state index in [1.807, 2.05) is 0 Å². The summed E-state index contributed by atoms with van der Waals surface area (Å²) in [6.07, 6.45) is 0. The summed E-state index contributed by atoms with van der Waals surface area (Å²) in [5, 5.41) is 18.5. The summed E-state index contributed by atoms with van der Waals surface area (Å²) in [5.41, 5.74) is 0.144. The van der Waals surface area contributed by atoms with Crippen molar-refractivity contribution in [3.8, 4) is 0 Å². The highest BCUT2D eigenvalue weighted by Crippen LogP contribution is 2.11. The summed E-state index contributed by atoms with van der Waals surface area (Å²) >= 11 is 0. The van der Waals surface area contributed by atoms with Crippen molar-refractivity contribution in [1.29, 1.82) is 0 Å². The van der Waals surface area contributed by atoms with Gasteiger partial charge in [-0.25, -0.2) is 5.10 Å². The first-order valence-corrected chi connectivity index (χ1v) is 6.65. The first-order chi connectivity index (χ1) is 10.5. The van der Waals surface area contributed by atoms with E-state index < -0.39 is 11.8 Å². The smallest absolute Gasteiger partial charge is 0.311 e. The second-order valence-electron chi connectivity index (χ2n) is 4.68. The number of amides is 2. The van der Waals surface area contributed by atoms with Gasteiger partial charge in [0.15, 0.2) is 0 Å². The Morgan fingerprint density at radius 1 is 1.32 bits per heavy atom. The molecule has 0 saturated carbocycles. The Kier molecular flexibility index (Phi) is 4.84. The topological polar surface area (TPSA) is 115 Å². The van der Waals surface area contributed by atoms with Crippen LogP contribution in [0.5, 0.6) is 0 Å². The van der Waals surface area contributed by atoms with E-state index in [0.29, 0.717) is 16.5 Å². The number of aromatic amines is 1. The highest BCUT2D eigenvalue weighted by molar-refractivity contribution is 6.34. The summed E-state index contributed by atoms with van der Waals surface area (Å²) in [7, 11) is 1.42. The van der Waals surface area contributed by atoms with Gasteiger partial charge in [-0.15, -0.1) is 0 Å². The minimum atomic E-state index is -0.798. The van der Waals surface area contributed by atoms with Gasteiger partial charge in [0, 0.05) is 19.0 Å². The molecular formula is C14H16N4O4. The third kappa shape index (κ3) is 3.29. The number of likely N-dealkylation sites (N-methyl/N-ethyl adjacent to an activating group) is 1. The number of hydrogen-bond acceptors (Lipinski definition) is 5. The molecule has 0 saturated heterocycles. The van der Waals surface area contributed by atoms with E-state index in [1.54, 1.807) is 24.3 Å². The molecule has 8 nitrogen and oxygen atoms in total. The van der Waals surface area contributed by atoms with Gasteiger partial charge < -0.3 is 15.3 Å². The van der Waals surface area contributed by atoms with Crippen LogP contribution in [0.3, 0.4) is 0 Å². The van der Waals surface area contributed by atoms with Gasteiger partial charge in [-0.1, -0.05) is 18.2 Å². The lowest BCUT2D eigenvalue weighted by molar-refractivity contribution is -0.145. The molecular weight excluding hydrogens is 288 g/mol. The number of H-pyrrole nitrogens is 1. The fraction of sp³-hybridized carbons (Fsp3) is 0.286. The molecule has 0 aliphatic heterocycles. The highest BCUT2D eigenvalue weighted by atomic mass is 16.3. The van der Waals surface area contributed by atoms with Gasteiger partial charge in [-0.05, 0) is 6.07 Å². The number of fused-ring (bicyclic) bond motifs is 1. The van der Waals surface area contributed by atoms with Crippen molar-refractivity contribution in [3.05, 3.63) is 40.3 Å². The maximum atomic E-state index is 11.8. The van der Waals surface area contributed by atoms with Crippen molar-refractivity contribution in [2.75, 3.05) is 20.2 Å². The number of benzene rings is 1. The normalized spacial score (nSPS) is 10.5. The van der Waals surface area contributed by atoms with Gasteiger partial charge in [-0.3, -0.25) is 14.4 Å². The van der Waals surface area contributed by atoms with Crippen LogP contribution in [0, 0.1) is 0 Å². The zero-order valence-corrected chi connectivity index (χ0v) is 12.0. The number of nitrogens with zero attached hydrogens (tertiary/aromatic N) is 2. The lowest BCUT2D eigenvalue weighted by Crippen LogP contribution is -2.42. The minimum absolute atomic E-state index is 0.00876. The first kappa shape index (κ1) is 15.6. The molecule has 0 radical (unpaired) electrons. The molecule has 0 atom stereocenters. The summed E-state index contributed by atoms with van der Waals surface area (Å²) in [5.74, 6) is -1.55. The Morgan fingerprint density at radius 2 is 2.00 bits per heavy atom. The Labute approximate surface area is 125 Å². The van der Waals surface area contributed by atoms with Gasteiger partial charge in [0.1, 0.15) is 0 Å². The van der Waals surface area contributed by atoms with Gasteiger partial charge in [0.2, 0.25) is 0 Å². The first-order valence-electron chi connectivity index (χ1n) is 6.65. The van der Waals surface area contributed by atoms with Gasteiger partial charge in [0.05, 0.1) is 24.2 Å². The molecule has 0 spiro atoms. The Morgan fingerprint density at radius 3 is 2.68 bits per heavy atom. The van der Waals surface area contributed by atoms with Crippen LogP contribution in [0.2, 0.25) is 0 Å². The maximum Gasteiger partial charge on any atom is 0.311 e. The van der Waals surface area contributed by atoms with Crippen molar-refractivity contribution in [2.24, 2.45) is 0 Å². The van der Waals surface area contributed by atoms with E-state index in [2.05, 4.69) is 15.5 Å². The van der Waals surface area contributed by atoms with Crippen LogP contribution < -0.4 is 10.9 Å². The summed E-state index contributed by atoms with van der Waals surface area (Å²) in [4.78, 5) is 36.2. The molecule has 1 aromatic carbocycles. The summed E-state index contributed by atoms with van der Waals surface area (Å²) < 4.78 is 0. The third-order valence-electron chi connectivity index (χ3n) is 3.17. The Balaban J connectivity index is 2.12. The SMILES string of the molecule is CN(CCO)C(=O)C(=O)NCc1n[nH]c(=O)c2ccccc12. The molecule has 0 aliphatic rings. The van der Waals surface area contributed by atoms with Gasteiger partial charge in [-0.2, -0.15) is 5.10 Å². The summed E-state index contributed by atoms with van der Waals surface area (Å²) in [6.45, 7) is -0.136. The molecule has 1 aromatic heterocycles. The lowest BCUT2D eigenvalue weighted by Gasteiger charge is -2.15. The minimum Gasteiger partial charge on any atom is -0.395 e. The predicted octanol–water partition coefficient (Wildman–Crippen LogP) is -1.01. The zero-order chi connectivity index (χ0) is 16.1. The van der Waals surface area contributed by atoms with Crippen LogP contribution in [0.15, 0.2) is 29.1 Å². The third-order valence-corrected chi connectivity index (χ3v) is 3.17. The maximum absolute atomic E-state index is 11.8. The van der Waals surface area contributed by atoms with E-state index >= 15 is 0 Å². The molecule has 3 N–H and O–H groups in total. The number of aliphatic hydroxyl groups excluding tert-OH is 1. The van der Waals surface area contributed by atoms with Crippen LogP contribution in [0.1, 0.15) is 5.69 Å². The average Bonchev–Trinajstić information content (AvgIpc) is 2.53. The standard InChI is InChI=1S/C14H16N4O4/c1-18(6-7-19)14(22)13(21)15-8-11-9-4-2-3-5-10(9)12(20)17-16-11/h2-5,19H,6-8H2,1H3,(H,15,21)(H,17,20). The van der Waals surface area contributed by atoms with Gasteiger partial charge >= 0.3 is 11.8 Å². The van der Waals surface area contributed by atoms with Crippen LogP contribution in [-0.2, 0) is 16.1 Å². The fourth-order valence-electron chi connectivity index (χ4n) is 1.97. The van der Waals surface area contributed by atoms with Crippen molar-refractivity contribution in [2.45, 2.75) is 6.54 Å². The molecule has 0 fully saturated rings. The van der Waals surface area contributed by atoms with Crippen molar-refractivity contribution in [1.82, 2.24) is 20.4 Å². The summed E-state index contributed by atoms with van der Waals surface area (Å²) in [6, 6.07) is 6.86. The molecule has 0 aliphatic carbocycles. The van der Waals surface area contributed by atoms with Crippen molar-refractivity contribution >= 4 is 22.6 Å². The second kappa shape index (κ2) is 6.81. The number of carbonyl (C=O) groups excluding carboxylic acids is 2. The lowest BCUT2D eigenvalue weighted by atomic mass is 10.1. The largest absolute Gasteiger partial charge is 0.395 e. The molecule has 0 bridgehead atoms. The Hall–Kier alpha value is -2.74. The average molecular weight is 304 g/mol. The number of nitrogens with one attached hydrogen (secondary N) is 2. The van der Waals surface area contributed by atoms with Crippen LogP contribution in [-0.4, -0.2) is 52.2 Å².